The molecule has 11 heteroatoms. The maximum atomic E-state index is 13.2. The van der Waals surface area contributed by atoms with Crippen LogP contribution < -0.4 is 5.32 Å². The van der Waals surface area contributed by atoms with E-state index in [1.807, 2.05) is 28.7 Å². The molecule has 4 heterocycles. The van der Waals surface area contributed by atoms with Crippen LogP contribution in [0.15, 0.2) is 58.6 Å². The summed E-state index contributed by atoms with van der Waals surface area (Å²) in [6.45, 7) is 3.22. The van der Waals surface area contributed by atoms with E-state index in [4.69, 9.17) is 0 Å². The van der Waals surface area contributed by atoms with Crippen molar-refractivity contribution in [2.24, 2.45) is 5.92 Å². The molecular weight excluding hydrogens is 544 g/mol. The summed E-state index contributed by atoms with van der Waals surface area (Å²) in [5.41, 5.74) is 1.62. The van der Waals surface area contributed by atoms with Crippen LogP contribution >= 0.6 is 36.6 Å². The number of thioether (sulfide) groups is 1. The van der Waals surface area contributed by atoms with Gasteiger partial charge in [0.05, 0.1) is 27.4 Å². The number of carbonyl (C=O) groups excluding carboxylic acids is 1. The van der Waals surface area contributed by atoms with Gasteiger partial charge in [-0.05, 0) is 81.1 Å². The average molecular weight is 574 g/mol. The fraction of sp³-hybridized carbons (Fsp3) is 0.385. The molecular formula is C26H29Cl2F3N4OS. The zero-order valence-electron chi connectivity index (χ0n) is 20.0. The van der Waals surface area contributed by atoms with Crippen molar-refractivity contribution in [2.45, 2.75) is 36.9 Å². The van der Waals surface area contributed by atoms with Crippen molar-refractivity contribution in [2.75, 3.05) is 26.2 Å². The summed E-state index contributed by atoms with van der Waals surface area (Å²) in [6, 6.07) is 11.7. The van der Waals surface area contributed by atoms with Gasteiger partial charge in [0.1, 0.15) is 5.65 Å². The van der Waals surface area contributed by atoms with E-state index in [1.165, 1.54) is 17.8 Å². The second kappa shape index (κ2) is 12.6. The van der Waals surface area contributed by atoms with Gasteiger partial charge in [0.25, 0.3) is 5.91 Å². The Balaban J connectivity index is 0.00000190. The van der Waals surface area contributed by atoms with Gasteiger partial charge in [0, 0.05) is 6.54 Å². The van der Waals surface area contributed by atoms with Gasteiger partial charge in [-0.25, -0.2) is 4.98 Å². The first-order chi connectivity index (χ1) is 16.9. The number of pyridine rings is 1. The van der Waals surface area contributed by atoms with E-state index >= 15 is 0 Å². The molecule has 5 rings (SSSR count). The van der Waals surface area contributed by atoms with Gasteiger partial charge < -0.3 is 10.2 Å². The highest BCUT2D eigenvalue weighted by molar-refractivity contribution is 8.04. The highest BCUT2D eigenvalue weighted by atomic mass is 35.5. The van der Waals surface area contributed by atoms with E-state index < -0.39 is 11.7 Å². The fourth-order valence-electron chi connectivity index (χ4n) is 4.84. The Morgan fingerprint density at radius 2 is 1.84 bits per heavy atom. The minimum atomic E-state index is -4.31. The van der Waals surface area contributed by atoms with E-state index in [9.17, 15) is 18.0 Å². The summed E-state index contributed by atoms with van der Waals surface area (Å²) in [6.07, 6.45) is 2.42. The van der Waals surface area contributed by atoms with E-state index in [2.05, 4.69) is 15.2 Å². The van der Waals surface area contributed by atoms with Crippen LogP contribution in [0.25, 0.3) is 11.7 Å². The number of hydrogen-bond acceptors (Lipinski definition) is 4. The number of halogens is 5. The lowest BCUT2D eigenvalue weighted by Gasteiger charge is -2.32. The molecule has 37 heavy (non-hydrogen) atoms. The van der Waals surface area contributed by atoms with Crippen LogP contribution in [0.1, 0.15) is 36.1 Å². The number of nitrogens with zero attached hydrogens (tertiary/aromatic N) is 3. The molecule has 0 radical (unpaired) electrons. The molecule has 200 valence electrons. The largest absolute Gasteiger partial charge is 0.416 e. The minimum Gasteiger partial charge on any atom is -0.351 e. The molecule has 0 aliphatic carbocycles. The number of aryl methyl sites for hydroxylation is 1. The van der Waals surface area contributed by atoms with Gasteiger partial charge in [-0.15, -0.1) is 24.8 Å². The Kier molecular flexibility index (Phi) is 9.97. The van der Waals surface area contributed by atoms with E-state index in [-0.39, 0.29) is 30.7 Å². The van der Waals surface area contributed by atoms with Gasteiger partial charge in [-0.1, -0.05) is 36.0 Å². The number of rotatable bonds is 7. The fourth-order valence-corrected chi connectivity index (χ4v) is 5.85. The smallest absolute Gasteiger partial charge is 0.351 e. The van der Waals surface area contributed by atoms with Crippen molar-refractivity contribution in [1.82, 2.24) is 19.6 Å². The summed E-state index contributed by atoms with van der Waals surface area (Å²) < 4.78 is 41.6. The number of nitrogens with one attached hydrogen (secondary N) is 1. The van der Waals surface area contributed by atoms with Crippen LogP contribution in [0.3, 0.4) is 0 Å². The summed E-state index contributed by atoms with van der Waals surface area (Å²) >= 11 is 1.45. The van der Waals surface area contributed by atoms with Crippen molar-refractivity contribution < 1.29 is 18.0 Å². The molecule has 1 aromatic carbocycles. The number of benzene rings is 1. The number of aromatic nitrogens is 2. The quantitative estimate of drug-likeness (QED) is 0.371. The maximum Gasteiger partial charge on any atom is 0.416 e. The molecule has 0 spiro atoms. The lowest BCUT2D eigenvalue weighted by atomic mass is 9.96. The molecule has 1 amide bonds. The maximum absolute atomic E-state index is 13.2. The van der Waals surface area contributed by atoms with Gasteiger partial charge in [-0.3, -0.25) is 9.20 Å². The minimum absolute atomic E-state index is 0. The number of amides is 1. The monoisotopic (exact) mass is 572 g/mol. The van der Waals surface area contributed by atoms with Crippen LogP contribution in [-0.4, -0.2) is 46.4 Å². The standard InChI is InChI=1S/C26H27F3N4OS.2ClH/c27-26(28,29)21-7-2-1-5-19(21)6-4-12-32-13-10-18(11-14-32)16-31-25(34)22-15-20-17-30-23-8-3-9-24(35-22)33(20)23;;/h1-3,5,7-9,15,17-18H,4,6,10-14,16H2,(H,31,34);2*1H. The van der Waals surface area contributed by atoms with E-state index in [1.54, 1.807) is 18.3 Å². The van der Waals surface area contributed by atoms with Crippen molar-refractivity contribution in [3.05, 3.63) is 70.4 Å². The number of imidazole rings is 1. The van der Waals surface area contributed by atoms with E-state index in [0.717, 1.165) is 54.9 Å². The Hall–Kier alpha value is -2.20. The highest BCUT2D eigenvalue weighted by Crippen LogP contribution is 2.35. The summed E-state index contributed by atoms with van der Waals surface area (Å²) in [5.74, 6) is 0.342. The molecule has 0 bridgehead atoms. The van der Waals surface area contributed by atoms with Crippen LogP contribution in [0.5, 0.6) is 0 Å². The van der Waals surface area contributed by atoms with Gasteiger partial charge in [-0.2, -0.15) is 13.2 Å². The third kappa shape index (κ3) is 6.82. The Labute approximate surface area is 230 Å². The van der Waals surface area contributed by atoms with Crippen LogP contribution in [0.4, 0.5) is 13.2 Å². The van der Waals surface area contributed by atoms with Crippen LogP contribution in [-0.2, 0) is 17.4 Å². The zero-order chi connectivity index (χ0) is 24.4. The Morgan fingerprint density at radius 1 is 1.08 bits per heavy atom. The molecule has 5 nitrogen and oxygen atoms in total. The number of piperidine rings is 1. The number of alkyl halides is 3. The SMILES string of the molecule is Cl.Cl.O=C(NCC1CCN(CCCc2ccccc2C(F)(F)F)CC1)C1=Cc2cnc3cccc(n23)S1. The van der Waals surface area contributed by atoms with Gasteiger partial charge in [0.2, 0.25) is 0 Å². The lowest BCUT2D eigenvalue weighted by Crippen LogP contribution is -2.39. The lowest BCUT2D eigenvalue weighted by molar-refractivity contribution is -0.138. The second-order valence-electron chi connectivity index (χ2n) is 9.10. The van der Waals surface area contributed by atoms with Crippen molar-refractivity contribution in [3.8, 4) is 0 Å². The highest BCUT2D eigenvalue weighted by Gasteiger charge is 2.32. The number of carbonyl (C=O) groups is 1. The molecule has 2 aromatic heterocycles. The summed E-state index contributed by atoms with van der Waals surface area (Å²) in [5, 5.41) is 4.07. The van der Waals surface area contributed by atoms with Crippen molar-refractivity contribution >= 4 is 54.2 Å². The van der Waals surface area contributed by atoms with Gasteiger partial charge >= 0.3 is 6.18 Å². The first kappa shape index (κ1) is 29.4. The number of hydrogen-bond donors (Lipinski definition) is 1. The van der Waals surface area contributed by atoms with E-state index in [0.29, 0.717) is 35.8 Å². The third-order valence-electron chi connectivity index (χ3n) is 6.74. The van der Waals surface area contributed by atoms with Crippen molar-refractivity contribution in [1.29, 1.82) is 0 Å². The van der Waals surface area contributed by atoms with Gasteiger partial charge in [0.15, 0.2) is 0 Å². The van der Waals surface area contributed by atoms with Crippen LogP contribution in [0, 0.1) is 5.92 Å². The molecule has 1 N–H and O–H groups in total. The molecule has 1 saturated heterocycles. The summed E-state index contributed by atoms with van der Waals surface area (Å²) in [4.78, 5) is 20.2. The Bertz CT molecular complexity index is 1260. The predicted molar refractivity (Wildman–Crippen MR) is 145 cm³/mol. The molecule has 0 atom stereocenters. The molecule has 1 fully saturated rings. The third-order valence-corrected chi connectivity index (χ3v) is 7.79. The molecule has 0 saturated carbocycles. The Morgan fingerprint density at radius 3 is 2.59 bits per heavy atom. The molecule has 2 aliphatic rings. The topological polar surface area (TPSA) is 49.6 Å². The summed E-state index contributed by atoms with van der Waals surface area (Å²) in [7, 11) is 0. The molecule has 0 unspecified atom stereocenters. The normalized spacial score (nSPS) is 16.0. The second-order valence-corrected chi connectivity index (χ2v) is 10.2. The first-order valence-corrected chi connectivity index (χ1v) is 12.7. The molecule has 3 aromatic rings. The van der Waals surface area contributed by atoms with Crippen LogP contribution in [0.2, 0.25) is 0 Å². The predicted octanol–water partition coefficient (Wildman–Crippen LogP) is 6.10. The van der Waals surface area contributed by atoms with Crippen molar-refractivity contribution in [3.63, 3.8) is 0 Å². The zero-order valence-corrected chi connectivity index (χ0v) is 22.5. The number of likely N-dealkylation sites (tertiary alicyclic amines) is 1. The molecule has 2 aliphatic heterocycles. The first-order valence-electron chi connectivity index (χ1n) is 11.9. The average Bonchev–Trinajstić information content (AvgIpc) is 3.27.